The summed E-state index contributed by atoms with van der Waals surface area (Å²) in [5.41, 5.74) is 5.34. The van der Waals surface area contributed by atoms with Gasteiger partial charge >= 0.3 is 0 Å². The number of hydrogen-bond acceptors (Lipinski definition) is 5. The lowest BCUT2D eigenvalue weighted by Crippen LogP contribution is -2.20. The van der Waals surface area contributed by atoms with E-state index in [1.54, 1.807) is 42.5 Å². The molecule has 32 heavy (non-hydrogen) atoms. The highest BCUT2D eigenvalue weighted by molar-refractivity contribution is 9.10. The van der Waals surface area contributed by atoms with Crippen LogP contribution in [0.3, 0.4) is 0 Å². The van der Waals surface area contributed by atoms with Gasteiger partial charge in [-0.15, -0.1) is 0 Å². The number of ether oxygens (including phenoxy) is 2. The summed E-state index contributed by atoms with van der Waals surface area (Å²) in [4.78, 5) is 24.4. The highest BCUT2D eigenvalue weighted by Gasteiger charge is 2.12. The second kappa shape index (κ2) is 11.1. The lowest BCUT2D eigenvalue weighted by molar-refractivity contribution is -0.118. The van der Waals surface area contributed by atoms with Crippen molar-refractivity contribution in [2.45, 2.75) is 6.92 Å². The van der Waals surface area contributed by atoms with Gasteiger partial charge in [-0.05, 0) is 66.6 Å². The van der Waals surface area contributed by atoms with Crippen molar-refractivity contribution < 1.29 is 19.1 Å². The van der Waals surface area contributed by atoms with Crippen LogP contribution >= 0.6 is 15.9 Å². The van der Waals surface area contributed by atoms with E-state index in [-0.39, 0.29) is 18.4 Å². The molecule has 0 saturated carbocycles. The molecule has 0 radical (unpaired) electrons. The van der Waals surface area contributed by atoms with Crippen LogP contribution in [0.2, 0.25) is 0 Å². The zero-order valence-electron chi connectivity index (χ0n) is 17.6. The number of anilines is 1. The Morgan fingerprint density at radius 2 is 1.81 bits per heavy atom. The van der Waals surface area contributed by atoms with Crippen molar-refractivity contribution in [3.05, 3.63) is 87.9 Å². The second-order valence-corrected chi connectivity index (χ2v) is 7.68. The fourth-order valence-corrected chi connectivity index (χ4v) is 3.14. The average Bonchev–Trinajstić information content (AvgIpc) is 2.80. The lowest BCUT2D eigenvalue weighted by Gasteiger charge is -2.09. The molecule has 0 aliphatic rings. The van der Waals surface area contributed by atoms with Crippen LogP contribution in [0.4, 0.5) is 5.69 Å². The van der Waals surface area contributed by atoms with E-state index in [1.165, 1.54) is 13.3 Å². The molecule has 3 aromatic carbocycles. The van der Waals surface area contributed by atoms with Gasteiger partial charge in [0.15, 0.2) is 6.61 Å². The first-order valence-corrected chi connectivity index (χ1v) is 10.5. The highest BCUT2D eigenvalue weighted by atomic mass is 79.9. The zero-order valence-corrected chi connectivity index (χ0v) is 19.2. The molecule has 0 spiro atoms. The summed E-state index contributed by atoms with van der Waals surface area (Å²) in [5.74, 6) is 0.369. The maximum atomic E-state index is 12.3. The van der Waals surface area contributed by atoms with Crippen LogP contribution in [0.5, 0.6) is 11.5 Å². The van der Waals surface area contributed by atoms with Crippen molar-refractivity contribution >= 4 is 39.6 Å². The molecule has 0 saturated heterocycles. The molecule has 0 unspecified atom stereocenters. The van der Waals surface area contributed by atoms with Gasteiger partial charge in [0, 0.05) is 10.2 Å². The van der Waals surface area contributed by atoms with Crippen molar-refractivity contribution in [2.75, 3.05) is 19.0 Å². The van der Waals surface area contributed by atoms with E-state index in [1.807, 2.05) is 31.2 Å². The van der Waals surface area contributed by atoms with E-state index in [0.717, 1.165) is 21.3 Å². The number of hydrogen-bond donors (Lipinski definition) is 2. The average molecular weight is 496 g/mol. The Hall–Kier alpha value is -3.65. The van der Waals surface area contributed by atoms with Crippen LogP contribution in [-0.4, -0.2) is 31.7 Å². The van der Waals surface area contributed by atoms with Gasteiger partial charge in [-0.1, -0.05) is 34.1 Å². The normalized spacial score (nSPS) is 10.6. The van der Waals surface area contributed by atoms with Gasteiger partial charge in [0.25, 0.3) is 11.8 Å². The Kier molecular flexibility index (Phi) is 7.99. The summed E-state index contributed by atoms with van der Waals surface area (Å²) in [6.45, 7) is 1.82. The third kappa shape index (κ3) is 6.42. The Balaban J connectivity index is 1.50. The molecule has 3 aromatic rings. The molecule has 7 nitrogen and oxygen atoms in total. The fraction of sp³-hybridized carbons (Fsp3) is 0.125. The molecule has 164 valence electrons. The molecule has 0 heterocycles. The third-order valence-electron chi connectivity index (χ3n) is 4.46. The number of carbonyl (C=O) groups is 2. The van der Waals surface area contributed by atoms with Gasteiger partial charge in [-0.3, -0.25) is 9.59 Å². The van der Waals surface area contributed by atoms with Gasteiger partial charge in [-0.2, -0.15) is 5.10 Å². The molecule has 2 amide bonds. The van der Waals surface area contributed by atoms with E-state index in [9.17, 15) is 9.59 Å². The van der Waals surface area contributed by atoms with Crippen LogP contribution in [0.15, 0.2) is 76.3 Å². The molecular formula is C24H22BrN3O4. The zero-order chi connectivity index (χ0) is 22.9. The lowest BCUT2D eigenvalue weighted by atomic mass is 10.2. The minimum absolute atomic E-state index is 0.105. The Morgan fingerprint density at radius 3 is 2.53 bits per heavy atom. The summed E-state index contributed by atoms with van der Waals surface area (Å²) in [6.07, 6.45) is 1.51. The summed E-state index contributed by atoms with van der Waals surface area (Å²) >= 11 is 3.34. The van der Waals surface area contributed by atoms with Crippen molar-refractivity contribution in [1.82, 2.24) is 5.43 Å². The first-order valence-electron chi connectivity index (χ1n) is 9.71. The number of nitrogens with one attached hydrogen (secondary N) is 2. The molecule has 0 bridgehead atoms. The topological polar surface area (TPSA) is 89.0 Å². The summed E-state index contributed by atoms with van der Waals surface area (Å²) in [7, 11) is 1.50. The predicted molar refractivity (Wildman–Crippen MR) is 127 cm³/mol. The van der Waals surface area contributed by atoms with E-state index >= 15 is 0 Å². The maximum absolute atomic E-state index is 12.3. The van der Waals surface area contributed by atoms with Crippen molar-refractivity contribution in [1.29, 1.82) is 0 Å². The fourth-order valence-electron chi connectivity index (χ4n) is 2.78. The minimum atomic E-state index is -0.390. The van der Waals surface area contributed by atoms with Gasteiger partial charge in [0.2, 0.25) is 0 Å². The summed E-state index contributed by atoms with van der Waals surface area (Å²) < 4.78 is 11.5. The van der Waals surface area contributed by atoms with Crippen LogP contribution < -0.4 is 20.2 Å². The number of hydrazone groups is 1. The number of benzene rings is 3. The standard InChI is InChI=1S/C24H22BrN3O4/c1-16-5-3-4-6-21(16)27-23(29)15-32-19-10-7-17(8-11-19)14-26-28-24(30)20-13-18(25)9-12-22(20)31-2/h3-14H,15H2,1-2H3,(H,27,29)(H,28,30)/b26-14-. The molecule has 0 aromatic heterocycles. The SMILES string of the molecule is COc1ccc(Br)cc1C(=O)N/N=C\c1ccc(OCC(=O)Nc2ccccc2C)cc1. The molecule has 8 heteroatoms. The van der Waals surface area contributed by atoms with Crippen LogP contribution in [0.25, 0.3) is 0 Å². The van der Waals surface area contributed by atoms with E-state index in [4.69, 9.17) is 9.47 Å². The summed E-state index contributed by atoms with van der Waals surface area (Å²) in [6, 6.07) is 19.7. The van der Waals surface area contributed by atoms with Crippen LogP contribution in [0, 0.1) is 6.92 Å². The molecule has 0 aliphatic carbocycles. The third-order valence-corrected chi connectivity index (χ3v) is 4.95. The molecule has 0 aliphatic heterocycles. The Bertz CT molecular complexity index is 1130. The van der Waals surface area contributed by atoms with Gasteiger partial charge in [0.05, 0.1) is 18.9 Å². The smallest absolute Gasteiger partial charge is 0.275 e. The molecular weight excluding hydrogens is 474 g/mol. The van der Waals surface area contributed by atoms with Gasteiger partial charge in [0.1, 0.15) is 11.5 Å². The molecule has 0 fully saturated rings. The van der Waals surface area contributed by atoms with E-state index in [0.29, 0.717) is 17.1 Å². The predicted octanol–water partition coefficient (Wildman–Crippen LogP) is 4.55. The number of amides is 2. The highest BCUT2D eigenvalue weighted by Crippen LogP contribution is 2.22. The van der Waals surface area contributed by atoms with E-state index in [2.05, 4.69) is 31.8 Å². The maximum Gasteiger partial charge on any atom is 0.275 e. The quantitative estimate of drug-likeness (QED) is 0.354. The number of aryl methyl sites for hydroxylation is 1. The molecule has 2 N–H and O–H groups in total. The number of para-hydroxylation sites is 1. The number of rotatable bonds is 8. The van der Waals surface area contributed by atoms with E-state index < -0.39 is 0 Å². The minimum Gasteiger partial charge on any atom is -0.496 e. The molecule has 3 rings (SSSR count). The van der Waals surface area contributed by atoms with Crippen LogP contribution in [-0.2, 0) is 4.79 Å². The van der Waals surface area contributed by atoms with Gasteiger partial charge < -0.3 is 14.8 Å². The van der Waals surface area contributed by atoms with Gasteiger partial charge in [-0.25, -0.2) is 5.43 Å². The number of nitrogens with zero attached hydrogens (tertiary/aromatic N) is 1. The first-order chi connectivity index (χ1) is 15.5. The van der Waals surface area contributed by atoms with Crippen molar-refractivity contribution in [3.63, 3.8) is 0 Å². The number of carbonyl (C=O) groups excluding carboxylic acids is 2. The Morgan fingerprint density at radius 1 is 1.06 bits per heavy atom. The largest absolute Gasteiger partial charge is 0.496 e. The number of halogens is 1. The molecule has 0 atom stereocenters. The second-order valence-electron chi connectivity index (χ2n) is 6.76. The van der Waals surface area contributed by atoms with Crippen molar-refractivity contribution in [3.8, 4) is 11.5 Å². The van der Waals surface area contributed by atoms with Crippen molar-refractivity contribution in [2.24, 2.45) is 5.10 Å². The number of methoxy groups -OCH3 is 1. The summed E-state index contributed by atoms with van der Waals surface area (Å²) in [5, 5.41) is 6.80. The first kappa shape index (κ1) is 23.0. The Labute approximate surface area is 194 Å². The monoisotopic (exact) mass is 495 g/mol. The van der Waals surface area contributed by atoms with Crippen LogP contribution in [0.1, 0.15) is 21.5 Å².